The zero-order valence-corrected chi connectivity index (χ0v) is 23.4. The van der Waals surface area contributed by atoms with E-state index in [1.54, 1.807) is 0 Å². The minimum atomic E-state index is 0.0127. The summed E-state index contributed by atoms with van der Waals surface area (Å²) in [5.41, 5.74) is 5.43. The van der Waals surface area contributed by atoms with Crippen molar-refractivity contribution in [1.82, 2.24) is 0 Å². The van der Waals surface area contributed by atoms with Crippen molar-refractivity contribution in [2.24, 2.45) is 5.41 Å². The van der Waals surface area contributed by atoms with Crippen LogP contribution in [0, 0.1) is 12.3 Å². The zero-order valence-electron chi connectivity index (χ0n) is 23.4. The summed E-state index contributed by atoms with van der Waals surface area (Å²) in [6, 6.07) is 41.0. The molecule has 1 fully saturated rings. The van der Waals surface area contributed by atoms with Gasteiger partial charge in [-0.15, -0.1) is 0 Å². The fourth-order valence-electron chi connectivity index (χ4n) is 7.45. The van der Waals surface area contributed by atoms with Crippen LogP contribution in [0.5, 0.6) is 0 Å². The third-order valence-corrected chi connectivity index (χ3v) is 10.1. The smallest absolute Gasteiger partial charge is 0.240 e. The van der Waals surface area contributed by atoms with Crippen LogP contribution in [-0.2, 0) is 0 Å². The minimum Gasteiger partial charge on any atom is -0.251 e. The number of benzene rings is 5. The van der Waals surface area contributed by atoms with E-state index < -0.39 is 0 Å². The number of rotatable bonds is 4. The number of para-hydroxylation sites is 1. The molecule has 2 nitrogen and oxygen atoms in total. The van der Waals surface area contributed by atoms with E-state index in [1.165, 1.54) is 56.8 Å². The minimum absolute atomic E-state index is 0.0127. The molecule has 1 aliphatic heterocycles. The number of aryl methyl sites for hydroxylation is 1. The van der Waals surface area contributed by atoms with Crippen LogP contribution in [0.1, 0.15) is 56.3 Å². The van der Waals surface area contributed by atoms with E-state index in [1.807, 2.05) is 0 Å². The summed E-state index contributed by atoms with van der Waals surface area (Å²) in [6.07, 6.45) is 4.83. The third kappa shape index (κ3) is 3.65. The molecule has 0 amide bonds. The number of anilines is 1. The summed E-state index contributed by atoms with van der Waals surface area (Å²) in [5.74, 6) is 0. The summed E-state index contributed by atoms with van der Waals surface area (Å²) in [5, 5.41) is 5.16. The van der Waals surface area contributed by atoms with Crippen LogP contribution in [0.2, 0.25) is 0 Å². The molecule has 0 unspecified atom stereocenters. The highest BCUT2D eigenvalue weighted by atomic mass is 15.3. The molecule has 39 heavy (non-hydrogen) atoms. The van der Waals surface area contributed by atoms with Crippen LogP contribution in [0.3, 0.4) is 0 Å². The first-order chi connectivity index (χ1) is 18.9. The molecule has 1 aliphatic carbocycles. The fourth-order valence-corrected chi connectivity index (χ4v) is 7.45. The van der Waals surface area contributed by atoms with Crippen LogP contribution in [0.15, 0.2) is 109 Å². The zero-order chi connectivity index (χ0) is 26.8. The standard InChI is InChI=1S/C37H37N2/c1-26-11-5-10-16-33(26)38-25-39(37(4)22-21-34(38)36(37,2)3)35(31-19-17-27-12-6-8-14-29(27)23-31)32-20-18-28-13-7-9-15-30(28)24-32/h5-20,23-25,34-35H,21-22H2,1-4H3/q+1/t34-,37+/m0/s1. The monoisotopic (exact) mass is 509 g/mol. The lowest BCUT2D eigenvalue weighted by atomic mass is 9.71. The molecule has 0 aromatic heterocycles. The Labute approximate surface area is 232 Å². The van der Waals surface area contributed by atoms with Crippen LogP contribution < -0.4 is 4.90 Å². The molecule has 2 atom stereocenters. The highest BCUT2D eigenvalue weighted by Gasteiger charge is 2.64. The van der Waals surface area contributed by atoms with Gasteiger partial charge in [-0.25, -0.2) is 4.90 Å². The van der Waals surface area contributed by atoms with Crippen molar-refractivity contribution in [3.8, 4) is 0 Å². The molecule has 0 saturated heterocycles. The molecule has 5 aromatic carbocycles. The molecule has 2 heteroatoms. The average Bonchev–Trinajstić information content (AvgIpc) is 3.08. The van der Waals surface area contributed by atoms with Gasteiger partial charge in [0, 0.05) is 16.5 Å². The summed E-state index contributed by atoms with van der Waals surface area (Å²) >= 11 is 0. The second-order valence-corrected chi connectivity index (χ2v) is 12.4. The summed E-state index contributed by atoms with van der Waals surface area (Å²) in [7, 11) is 0. The van der Waals surface area contributed by atoms with Gasteiger partial charge in [-0.05, 0) is 72.0 Å². The van der Waals surface area contributed by atoms with E-state index in [-0.39, 0.29) is 17.0 Å². The predicted octanol–water partition coefficient (Wildman–Crippen LogP) is 8.90. The van der Waals surface area contributed by atoms with Crippen LogP contribution >= 0.6 is 0 Å². The highest BCUT2D eigenvalue weighted by molar-refractivity contribution is 5.85. The lowest BCUT2D eigenvalue weighted by Crippen LogP contribution is -2.62. The Morgan fingerprint density at radius 2 is 1.23 bits per heavy atom. The molecule has 194 valence electrons. The van der Waals surface area contributed by atoms with Gasteiger partial charge in [-0.3, -0.25) is 4.58 Å². The van der Waals surface area contributed by atoms with Gasteiger partial charge in [0.2, 0.25) is 6.34 Å². The number of hydrogen-bond acceptors (Lipinski definition) is 1. The Bertz CT molecular complexity index is 1670. The van der Waals surface area contributed by atoms with Crippen molar-refractivity contribution in [3.05, 3.63) is 126 Å². The predicted molar refractivity (Wildman–Crippen MR) is 165 cm³/mol. The Hall–Kier alpha value is -3.91. The fraction of sp³-hybridized carbons (Fsp3) is 0.270. The maximum atomic E-state index is 2.72. The lowest BCUT2D eigenvalue weighted by molar-refractivity contribution is -0.649. The Balaban J connectivity index is 1.50. The van der Waals surface area contributed by atoms with E-state index in [9.17, 15) is 0 Å². The van der Waals surface area contributed by atoms with Gasteiger partial charge in [0.1, 0.15) is 23.3 Å². The first-order valence-electron chi connectivity index (χ1n) is 14.3. The quantitative estimate of drug-likeness (QED) is 0.219. The summed E-state index contributed by atoms with van der Waals surface area (Å²) < 4.78 is 2.72. The van der Waals surface area contributed by atoms with Gasteiger partial charge in [-0.1, -0.05) is 105 Å². The lowest BCUT2D eigenvalue weighted by Gasteiger charge is -2.48. The summed E-state index contributed by atoms with van der Waals surface area (Å²) in [4.78, 5) is 2.60. The first kappa shape index (κ1) is 24.2. The van der Waals surface area contributed by atoms with Crippen molar-refractivity contribution in [1.29, 1.82) is 0 Å². The maximum absolute atomic E-state index is 2.72. The van der Waals surface area contributed by atoms with Crippen molar-refractivity contribution in [2.45, 2.75) is 58.2 Å². The van der Waals surface area contributed by atoms with E-state index in [0.717, 1.165) is 0 Å². The maximum Gasteiger partial charge on any atom is 0.240 e. The second-order valence-electron chi connectivity index (χ2n) is 12.4. The Morgan fingerprint density at radius 1 is 0.692 bits per heavy atom. The molecule has 7 rings (SSSR count). The molecule has 2 bridgehead atoms. The normalized spacial score (nSPS) is 22.0. The first-order valence-corrected chi connectivity index (χ1v) is 14.3. The SMILES string of the molecule is Cc1ccccc1N1C=[N+](C(c2ccc3ccccc3c2)c2ccc3ccccc3c2)[C@]2(C)CC[C@H]1C2(C)C. The Morgan fingerprint density at radius 3 is 1.82 bits per heavy atom. The number of hydrogen-bond donors (Lipinski definition) is 0. The van der Waals surface area contributed by atoms with Crippen molar-refractivity contribution < 1.29 is 4.58 Å². The van der Waals surface area contributed by atoms with Gasteiger partial charge in [0.15, 0.2) is 0 Å². The van der Waals surface area contributed by atoms with E-state index >= 15 is 0 Å². The summed E-state index contributed by atoms with van der Waals surface area (Å²) in [6.45, 7) is 9.74. The molecule has 0 radical (unpaired) electrons. The molecular formula is C37H37N2+. The molecule has 5 aromatic rings. The molecular weight excluding hydrogens is 472 g/mol. The Kier molecular flexibility index (Phi) is 5.46. The van der Waals surface area contributed by atoms with Crippen LogP contribution in [0.25, 0.3) is 21.5 Å². The molecule has 0 spiro atoms. The topological polar surface area (TPSA) is 6.25 Å². The van der Waals surface area contributed by atoms with Crippen molar-refractivity contribution in [2.75, 3.05) is 4.90 Å². The van der Waals surface area contributed by atoms with E-state index in [4.69, 9.17) is 0 Å². The third-order valence-electron chi connectivity index (χ3n) is 10.1. The van der Waals surface area contributed by atoms with Crippen LogP contribution in [-0.4, -0.2) is 22.5 Å². The molecule has 2 aliphatic rings. The highest BCUT2D eigenvalue weighted by Crippen LogP contribution is 2.55. The number of fused-ring (bicyclic) bond motifs is 4. The number of nitrogens with zero attached hydrogens (tertiary/aromatic N) is 2. The second kappa shape index (κ2) is 8.81. The molecule has 0 N–H and O–H groups in total. The van der Waals surface area contributed by atoms with Gasteiger partial charge in [-0.2, -0.15) is 0 Å². The van der Waals surface area contributed by atoms with Gasteiger partial charge >= 0.3 is 0 Å². The van der Waals surface area contributed by atoms with Gasteiger partial charge in [0.05, 0.1) is 0 Å². The van der Waals surface area contributed by atoms with Gasteiger partial charge in [0.25, 0.3) is 0 Å². The average molecular weight is 510 g/mol. The van der Waals surface area contributed by atoms with Crippen molar-refractivity contribution >= 4 is 33.6 Å². The van der Waals surface area contributed by atoms with Crippen molar-refractivity contribution in [3.63, 3.8) is 0 Å². The van der Waals surface area contributed by atoms with E-state index in [2.05, 4.69) is 153 Å². The van der Waals surface area contributed by atoms with Crippen LogP contribution in [0.4, 0.5) is 5.69 Å². The van der Waals surface area contributed by atoms with Gasteiger partial charge < -0.3 is 0 Å². The molecule has 1 saturated carbocycles. The molecule has 1 heterocycles. The van der Waals surface area contributed by atoms with E-state index in [0.29, 0.717) is 6.04 Å². The largest absolute Gasteiger partial charge is 0.251 e.